The molecule has 4 rings (SSSR count). The molecule has 0 fully saturated rings. The Morgan fingerprint density at radius 1 is 1.12 bits per heavy atom. The molecule has 2 aromatic rings. The predicted octanol–water partition coefficient (Wildman–Crippen LogP) is 3.68. The minimum absolute atomic E-state index is 0.0369. The van der Waals surface area contributed by atoms with Gasteiger partial charge in [0.1, 0.15) is 11.9 Å². The van der Waals surface area contributed by atoms with E-state index in [-0.39, 0.29) is 24.5 Å². The van der Waals surface area contributed by atoms with Gasteiger partial charge in [-0.15, -0.1) is 0 Å². The van der Waals surface area contributed by atoms with Gasteiger partial charge >= 0.3 is 0 Å². The van der Waals surface area contributed by atoms with Crippen LogP contribution in [0.5, 0.6) is 17.2 Å². The van der Waals surface area contributed by atoms with Gasteiger partial charge in [0.25, 0.3) is 5.91 Å². The number of carbonyl (C=O) groups is 1. The van der Waals surface area contributed by atoms with E-state index in [2.05, 4.69) is 11.4 Å². The summed E-state index contributed by atoms with van der Waals surface area (Å²) < 4.78 is 16.7. The smallest absolute Gasteiger partial charge is 0.262 e. The average Bonchev–Trinajstić information content (AvgIpc) is 3.04. The zero-order valence-corrected chi connectivity index (χ0v) is 14.3. The molecule has 0 radical (unpaired) electrons. The molecule has 132 valence electrons. The van der Waals surface area contributed by atoms with E-state index in [1.54, 1.807) is 19.2 Å². The Bertz CT molecular complexity index is 887. The van der Waals surface area contributed by atoms with E-state index in [0.717, 1.165) is 11.3 Å². The monoisotopic (exact) mass is 349 g/mol. The van der Waals surface area contributed by atoms with E-state index in [1.165, 1.54) is 0 Å². The van der Waals surface area contributed by atoms with Crippen LogP contribution in [0.3, 0.4) is 0 Å². The van der Waals surface area contributed by atoms with Crippen molar-refractivity contribution >= 4 is 11.6 Å². The van der Waals surface area contributed by atoms with Crippen LogP contribution in [0.15, 0.2) is 66.8 Å². The molecule has 1 aliphatic carbocycles. The Balaban J connectivity index is 1.40. The number of hydrogen-bond donors (Lipinski definition) is 1. The molecule has 1 amide bonds. The molecule has 0 spiro atoms. The molecule has 2 unspecified atom stereocenters. The Morgan fingerprint density at radius 3 is 2.77 bits per heavy atom. The van der Waals surface area contributed by atoms with Gasteiger partial charge in [-0.2, -0.15) is 0 Å². The lowest BCUT2D eigenvalue weighted by Gasteiger charge is -2.13. The number of amides is 1. The lowest BCUT2D eigenvalue weighted by Crippen LogP contribution is -2.20. The van der Waals surface area contributed by atoms with Crippen LogP contribution >= 0.6 is 0 Å². The highest BCUT2D eigenvalue weighted by Crippen LogP contribution is 2.42. The van der Waals surface area contributed by atoms with Gasteiger partial charge in [-0.05, 0) is 24.3 Å². The van der Waals surface area contributed by atoms with Crippen molar-refractivity contribution in [2.24, 2.45) is 0 Å². The second kappa shape index (κ2) is 6.96. The molecule has 1 heterocycles. The van der Waals surface area contributed by atoms with E-state index >= 15 is 0 Å². The van der Waals surface area contributed by atoms with Crippen molar-refractivity contribution < 1.29 is 19.0 Å². The van der Waals surface area contributed by atoms with Gasteiger partial charge in [0.05, 0.1) is 7.11 Å². The first-order valence-electron chi connectivity index (χ1n) is 8.46. The van der Waals surface area contributed by atoms with E-state index in [1.807, 2.05) is 48.6 Å². The third-order valence-corrected chi connectivity index (χ3v) is 4.43. The van der Waals surface area contributed by atoms with Crippen molar-refractivity contribution in [1.82, 2.24) is 0 Å². The normalized spacial score (nSPS) is 19.3. The first-order chi connectivity index (χ1) is 12.7. The Morgan fingerprint density at radius 2 is 1.92 bits per heavy atom. The van der Waals surface area contributed by atoms with Crippen LogP contribution in [-0.4, -0.2) is 25.7 Å². The van der Waals surface area contributed by atoms with Crippen LogP contribution < -0.4 is 19.5 Å². The third kappa shape index (κ3) is 3.16. The number of nitrogens with one attached hydrogen (secondary N) is 1. The van der Waals surface area contributed by atoms with E-state index in [0.29, 0.717) is 17.2 Å². The molecule has 1 aliphatic heterocycles. The van der Waals surface area contributed by atoms with Crippen molar-refractivity contribution in [3.05, 3.63) is 72.3 Å². The van der Waals surface area contributed by atoms with Crippen LogP contribution in [0.25, 0.3) is 0 Å². The number of fused-ring (bicyclic) bond motifs is 3. The molecular formula is C21H19NO4. The molecule has 0 aromatic heterocycles. The van der Waals surface area contributed by atoms with Crippen molar-refractivity contribution in [2.75, 3.05) is 19.0 Å². The predicted molar refractivity (Wildman–Crippen MR) is 99.0 cm³/mol. The number of carbonyl (C=O) groups excluding carboxylic acids is 1. The van der Waals surface area contributed by atoms with Crippen LogP contribution in [0.2, 0.25) is 0 Å². The van der Waals surface area contributed by atoms with Gasteiger partial charge in [0.2, 0.25) is 0 Å². The number of hydrogen-bond acceptors (Lipinski definition) is 4. The zero-order chi connectivity index (χ0) is 17.9. The summed E-state index contributed by atoms with van der Waals surface area (Å²) in [6, 6.07) is 13.0. The largest absolute Gasteiger partial charge is 0.493 e. The summed E-state index contributed by atoms with van der Waals surface area (Å²) in [7, 11) is 1.56. The Labute approximate surface area is 151 Å². The van der Waals surface area contributed by atoms with Crippen molar-refractivity contribution in [2.45, 2.75) is 12.0 Å². The number of methoxy groups -OCH3 is 1. The molecule has 5 nitrogen and oxygen atoms in total. The maximum Gasteiger partial charge on any atom is 0.262 e. The molecule has 1 N–H and O–H groups in total. The molecule has 0 saturated heterocycles. The topological polar surface area (TPSA) is 56.8 Å². The van der Waals surface area contributed by atoms with E-state index in [9.17, 15) is 4.79 Å². The summed E-state index contributed by atoms with van der Waals surface area (Å²) in [5.74, 6) is 1.93. The summed E-state index contributed by atoms with van der Waals surface area (Å²) in [4.78, 5) is 12.2. The molecule has 26 heavy (non-hydrogen) atoms. The fourth-order valence-corrected chi connectivity index (χ4v) is 3.19. The number of rotatable bonds is 5. The van der Waals surface area contributed by atoms with Crippen LogP contribution in [0.1, 0.15) is 11.5 Å². The van der Waals surface area contributed by atoms with Crippen LogP contribution in [0, 0.1) is 0 Å². The Hall–Kier alpha value is -3.21. The number of anilines is 1. The lowest BCUT2D eigenvalue weighted by atomic mass is 9.92. The van der Waals surface area contributed by atoms with Crippen molar-refractivity contribution in [1.29, 1.82) is 0 Å². The number of ether oxygens (including phenoxy) is 3. The average molecular weight is 349 g/mol. The maximum absolute atomic E-state index is 12.2. The number of allylic oxidation sites excluding steroid dienone is 2. The molecule has 0 saturated carbocycles. The van der Waals surface area contributed by atoms with Gasteiger partial charge in [-0.25, -0.2) is 0 Å². The van der Waals surface area contributed by atoms with Gasteiger partial charge in [-0.3, -0.25) is 4.79 Å². The summed E-state index contributed by atoms with van der Waals surface area (Å²) in [6.07, 6.45) is 8.24. The summed E-state index contributed by atoms with van der Waals surface area (Å²) in [5, 5.41) is 2.84. The molecule has 2 aliphatic rings. The number of para-hydroxylation sites is 2. The standard InChI is InChI=1S/C21H19NO4/c1-24-18-8-4-5-9-19(18)25-13-21(23)22-14-10-11-16-15-6-2-3-7-17(15)26-20(16)12-14/h2-12,15,17H,13H2,1H3,(H,22,23). The molecule has 5 heteroatoms. The first kappa shape index (κ1) is 16.3. The van der Waals surface area contributed by atoms with Crippen molar-refractivity contribution in [3.8, 4) is 17.2 Å². The van der Waals surface area contributed by atoms with Crippen LogP contribution in [0.4, 0.5) is 5.69 Å². The highest BCUT2D eigenvalue weighted by molar-refractivity contribution is 5.92. The van der Waals surface area contributed by atoms with Crippen molar-refractivity contribution in [3.63, 3.8) is 0 Å². The van der Waals surface area contributed by atoms with Gasteiger partial charge < -0.3 is 19.5 Å². The van der Waals surface area contributed by atoms with Gasteiger partial charge in [-0.1, -0.05) is 36.4 Å². The molecule has 2 atom stereocenters. The second-order valence-electron chi connectivity index (χ2n) is 6.12. The quantitative estimate of drug-likeness (QED) is 0.895. The summed E-state index contributed by atoms with van der Waals surface area (Å²) >= 11 is 0. The SMILES string of the molecule is COc1ccccc1OCC(=O)Nc1ccc2c(c1)OC1C=CC=CC21. The van der Waals surface area contributed by atoms with Gasteiger partial charge in [0.15, 0.2) is 18.1 Å². The highest BCUT2D eigenvalue weighted by atomic mass is 16.5. The summed E-state index contributed by atoms with van der Waals surface area (Å²) in [5.41, 5.74) is 1.82. The van der Waals surface area contributed by atoms with E-state index in [4.69, 9.17) is 14.2 Å². The fraction of sp³-hybridized carbons (Fsp3) is 0.190. The minimum Gasteiger partial charge on any atom is -0.493 e. The molecular weight excluding hydrogens is 330 g/mol. The lowest BCUT2D eigenvalue weighted by molar-refractivity contribution is -0.118. The second-order valence-corrected chi connectivity index (χ2v) is 6.12. The first-order valence-corrected chi connectivity index (χ1v) is 8.46. The zero-order valence-electron chi connectivity index (χ0n) is 14.3. The fourth-order valence-electron chi connectivity index (χ4n) is 3.19. The number of benzene rings is 2. The molecule has 0 bridgehead atoms. The highest BCUT2D eigenvalue weighted by Gasteiger charge is 2.31. The minimum atomic E-state index is -0.244. The molecule has 2 aromatic carbocycles. The van der Waals surface area contributed by atoms with E-state index < -0.39 is 0 Å². The van der Waals surface area contributed by atoms with Gasteiger partial charge in [0, 0.05) is 23.2 Å². The third-order valence-electron chi connectivity index (χ3n) is 4.43. The Kier molecular flexibility index (Phi) is 4.35. The maximum atomic E-state index is 12.2. The summed E-state index contributed by atoms with van der Waals surface area (Å²) in [6.45, 7) is -0.102. The van der Waals surface area contributed by atoms with Crippen LogP contribution in [-0.2, 0) is 4.79 Å².